The zero-order chi connectivity index (χ0) is 42.3. The number of anilines is 1. The maximum Gasteiger partial charge on any atom is 0.341 e. The number of aromatic carboxylic acids is 1. The van der Waals surface area contributed by atoms with Gasteiger partial charge in [0.1, 0.15) is 22.9 Å². The van der Waals surface area contributed by atoms with Crippen molar-refractivity contribution in [2.45, 2.75) is 78.3 Å². The molecule has 57 heavy (non-hydrogen) atoms. The number of ether oxygens (including phenoxy) is 2. The van der Waals surface area contributed by atoms with Crippen LogP contribution < -0.4 is 19.8 Å². The van der Waals surface area contributed by atoms with Gasteiger partial charge in [0.05, 0.1) is 37.8 Å². The summed E-state index contributed by atoms with van der Waals surface area (Å²) in [5, 5.41) is 9.54. The van der Waals surface area contributed by atoms with Gasteiger partial charge in [-0.2, -0.15) is 0 Å². The third kappa shape index (κ3) is 10.9. The summed E-state index contributed by atoms with van der Waals surface area (Å²) >= 11 is 0. The van der Waals surface area contributed by atoms with Gasteiger partial charge in [0.25, 0.3) is 6.47 Å². The van der Waals surface area contributed by atoms with E-state index in [4.69, 9.17) is 23.0 Å². The van der Waals surface area contributed by atoms with Gasteiger partial charge in [-0.3, -0.25) is 23.5 Å². The molecule has 2 aromatic carbocycles. The highest BCUT2D eigenvalue weighted by atomic mass is 31.2. The highest BCUT2D eigenvalue weighted by molar-refractivity contribution is 7.73. The van der Waals surface area contributed by atoms with E-state index in [1.165, 1.54) is 20.0 Å². The fourth-order valence-electron chi connectivity index (χ4n) is 7.15. The molecule has 2 heterocycles. The number of hydrogen-bond donors (Lipinski definition) is 1. The van der Waals surface area contributed by atoms with Crippen LogP contribution in [0.3, 0.4) is 0 Å². The van der Waals surface area contributed by atoms with Crippen LogP contribution in [0.2, 0.25) is 0 Å². The van der Waals surface area contributed by atoms with E-state index in [-0.39, 0.29) is 60.4 Å². The number of rotatable bonds is 17. The van der Waals surface area contributed by atoms with E-state index in [2.05, 4.69) is 0 Å². The number of carbonyl (C=O) groups excluding carboxylic acids is 2. The van der Waals surface area contributed by atoms with E-state index in [1.807, 2.05) is 37.8 Å². The molecule has 1 saturated carbocycles. The van der Waals surface area contributed by atoms with Crippen LogP contribution in [0.4, 0.5) is 10.1 Å². The Balaban J connectivity index is 0.000000408. The van der Waals surface area contributed by atoms with Crippen molar-refractivity contribution in [3.63, 3.8) is 0 Å². The second kappa shape index (κ2) is 19.1. The molecule has 0 radical (unpaired) electrons. The SMILES string of the molecule is CCOP(C)(=O)CP(=O)(OCC)OCC.COc1c(N2CCN(C(=O)CC(C)(C)c3ccccc3OC=O)C(C)C2)c(F)cc2c(=O)c(C(=O)O)cn(C3CC3)c12. The lowest BCUT2D eigenvalue weighted by atomic mass is 9.80. The number of nitrogens with zero attached hydrogens (tertiary/aromatic N) is 3. The van der Waals surface area contributed by atoms with Crippen molar-refractivity contribution >= 4 is 49.9 Å². The number of hydrogen-bond acceptors (Lipinski definition) is 12. The zero-order valence-corrected chi connectivity index (χ0v) is 35.6. The van der Waals surface area contributed by atoms with Crippen LogP contribution in [0, 0.1) is 5.82 Å². The summed E-state index contributed by atoms with van der Waals surface area (Å²) in [6, 6.07) is 7.94. The van der Waals surface area contributed by atoms with Gasteiger partial charge in [-0.25, -0.2) is 9.18 Å². The molecule has 3 aromatic rings. The number of fused-ring (bicyclic) bond motifs is 1. The Hall–Kier alpha value is -4.07. The summed E-state index contributed by atoms with van der Waals surface area (Å²) < 4.78 is 67.3. The summed E-state index contributed by atoms with van der Waals surface area (Å²) in [4.78, 5) is 52.9. The number of methoxy groups -OCH3 is 1. The van der Waals surface area contributed by atoms with Gasteiger partial charge in [0.15, 0.2) is 11.6 Å². The van der Waals surface area contributed by atoms with Crippen molar-refractivity contribution in [3.8, 4) is 11.5 Å². The summed E-state index contributed by atoms with van der Waals surface area (Å²) in [5.74, 6) is -1.72. The molecule has 2 fully saturated rings. The molecule has 1 saturated heterocycles. The molecular weight excluding hydrogens is 783 g/mol. The smallest absolute Gasteiger partial charge is 0.341 e. The van der Waals surface area contributed by atoms with Gasteiger partial charge in [-0.1, -0.05) is 32.0 Å². The first-order chi connectivity index (χ1) is 26.9. The number of carboxylic acid groups (broad SMARTS) is 1. The minimum absolute atomic E-state index is 0.00257. The molecule has 1 amide bonds. The lowest BCUT2D eigenvalue weighted by Gasteiger charge is -2.42. The highest BCUT2D eigenvalue weighted by Crippen LogP contribution is 2.61. The minimum Gasteiger partial charge on any atom is -0.492 e. The van der Waals surface area contributed by atoms with Crippen molar-refractivity contribution in [2.75, 3.05) is 64.0 Å². The normalized spacial score (nSPS) is 17.0. The quantitative estimate of drug-likeness (QED) is 0.106. The molecule has 1 N–H and O–H groups in total. The first-order valence-corrected chi connectivity index (χ1v) is 22.9. The van der Waals surface area contributed by atoms with Crippen molar-refractivity contribution in [3.05, 3.63) is 63.7 Å². The predicted octanol–water partition coefficient (Wildman–Crippen LogP) is 7.28. The maximum absolute atomic E-state index is 15.8. The Morgan fingerprint density at radius 2 is 1.67 bits per heavy atom. The van der Waals surface area contributed by atoms with E-state index < -0.39 is 43.2 Å². The molecule has 2 unspecified atom stereocenters. The number of carboxylic acids is 1. The average molecular weight is 838 g/mol. The number of aromatic nitrogens is 1. The minimum atomic E-state index is -3.26. The molecule has 1 aliphatic heterocycles. The summed E-state index contributed by atoms with van der Waals surface area (Å²) in [6.45, 7) is 14.5. The Morgan fingerprint density at radius 3 is 2.21 bits per heavy atom. The van der Waals surface area contributed by atoms with Crippen molar-refractivity contribution < 1.29 is 56.1 Å². The van der Waals surface area contributed by atoms with Crippen LogP contribution >= 0.6 is 15.0 Å². The fraction of sp³-hybridized carbons (Fsp3) is 0.538. The molecule has 0 spiro atoms. The van der Waals surface area contributed by atoms with E-state index in [1.54, 1.807) is 42.4 Å². The predicted molar refractivity (Wildman–Crippen MR) is 215 cm³/mol. The summed E-state index contributed by atoms with van der Waals surface area (Å²) in [7, 11) is -4.74. The van der Waals surface area contributed by atoms with Gasteiger partial charge >= 0.3 is 13.6 Å². The van der Waals surface area contributed by atoms with Gasteiger partial charge in [-0.15, -0.1) is 0 Å². The highest BCUT2D eigenvalue weighted by Gasteiger charge is 2.37. The molecular formula is C39H54FN3O12P2. The molecule has 2 aliphatic rings. The Kier molecular flexibility index (Phi) is 15.3. The van der Waals surface area contributed by atoms with Crippen LogP contribution in [-0.4, -0.2) is 98.1 Å². The molecule has 15 nitrogen and oxygen atoms in total. The Bertz CT molecular complexity index is 2090. The van der Waals surface area contributed by atoms with Crippen molar-refractivity contribution in [2.24, 2.45) is 0 Å². The molecule has 1 aliphatic carbocycles. The Labute approximate surface area is 332 Å². The largest absolute Gasteiger partial charge is 0.492 e. The van der Waals surface area contributed by atoms with E-state index in [0.717, 1.165) is 24.5 Å². The summed E-state index contributed by atoms with van der Waals surface area (Å²) in [6.07, 6.45) is 3.12. The van der Waals surface area contributed by atoms with Crippen molar-refractivity contribution in [1.29, 1.82) is 0 Å². The number of para-hydroxylation sites is 1. The molecule has 0 bridgehead atoms. The van der Waals surface area contributed by atoms with E-state index in [9.17, 15) is 33.4 Å². The topological polar surface area (TPSA) is 180 Å². The van der Waals surface area contributed by atoms with Crippen LogP contribution in [-0.2, 0) is 37.7 Å². The number of halogens is 1. The summed E-state index contributed by atoms with van der Waals surface area (Å²) in [5.41, 5.74) is -0.496. The van der Waals surface area contributed by atoms with Gasteiger partial charge in [0.2, 0.25) is 18.7 Å². The van der Waals surface area contributed by atoms with Gasteiger partial charge in [0, 0.05) is 62.0 Å². The number of benzene rings is 2. The second-order valence-electron chi connectivity index (χ2n) is 14.6. The van der Waals surface area contributed by atoms with Gasteiger partial charge < -0.3 is 42.5 Å². The second-order valence-corrected chi connectivity index (χ2v) is 19.8. The first kappa shape index (κ1) is 45.6. The molecule has 1 aromatic heterocycles. The van der Waals surface area contributed by atoms with Crippen molar-refractivity contribution in [1.82, 2.24) is 9.47 Å². The van der Waals surface area contributed by atoms with Gasteiger partial charge in [-0.05, 0) is 52.7 Å². The third-order valence-electron chi connectivity index (χ3n) is 9.71. The number of pyridine rings is 1. The fourth-order valence-corrected chi connectivity index (χ4v) is 12.1. The van der Waals surface area contributed by atoms with E-state index in [0.29, 0.717) is 44.0 Å². The lowest BCUT2D eigenvalue weighted by molar-refractivity contribution is -0.134. The monoisotopic (exact) mass is 837 g/mol. The Morgan fingerprint density at radius 1 is 1.04 bits per heavy atom. The zero-order valence-electron chi connectivity index (χ0n) is 33.8. The van der Waals surface area contributed by atoms with E-state index >= 15 is 4.39 Å². The number of amides is 1. The molecule has 5 rings (SSSR count). The van der Waals surface area contributed by atoms with Crippen LogP contribution in [0.1, 0.15) is 82.8 Å². The number of piperazine rings is 1. The lowest BCUT2D eigenvalue weighted by Crippen LogP contribution is -2.55. The maximum atomic E-state index is 15.8. The van der Waals surface area contributed by atoms with Crippen LogP contribution in [0.25, 0.3) is 10.9 Å². The standard InChI is InChI=1S/C31H34FN3O7.C8H20O5P2/c1-18-15-33(11-12-34(18)25(37)14-31(2,3)22-7-5-6-8-24(22)42-17-36)27-23(32)13-20-26(29(27)41-4)35(19-9-10-19)16-21(28(20)38)30(39)40;1-5-11-14(4,9)8-15(10,12-6-2)13-7-3/h5-8,13,16-19H,9-12,14-15H2,1-4H3,(H,39,40);5-8H2,1-4H3. The average Bonchev–Trinajstić information content (AvgIpc) is 3.97. The molecule has 18 heteroatoms. The third-order valence-corrected chi connectivity index (χ3v) is 15.3. The van der Waals surface area contributed by atoms with Crippen LogP contribution in [0.15, 0.2) is 41.3 Å². The number of carbonyl (C=O) groups is 3. The molecule has 314 valence electrons. The first-order valence-electron chi connectivity index (χ1n) is 18.9. The molecule has 2 atom stereocenters. The van der Waals surface area contributed by atoms with Crippen LogP contribution in [0.5, 0.6) is 11.5 Å².